The minimum absolute atomic E-state index is 0.385. The van der Waals surface area contributed by atoms with Gasteiger partial charge in [-0.15, -0.1) is 0 Å². The van der Waals surface area contributed by atoms with Crippen molar-refractivity contribution >= 4 is 5.69 Å². The third-order valence-corrected chi connectivity index (χ3v) is 2.34. The minimum Gasteiger partial charge on any atom is -0.377 e. The summed E-state index contributed by atoms with van der Waals surface area (Å²) in [4.78, 5) is 26.0. The van der Waals surface area contributed by atoms with Crippen molar-refractivity contribution in [2.24, 2.45) is 0 Å². The lowest BCUT2D eigenvalue weighted by Crippen LogP contribution is -2.36. The van der Waals surface area contributed by atoms with Crippen molar-refractivity contribution in [3.05, 3.63) is 56.1 Å². The number of pyridine rings is 1. The van der Waals surface area contributed by atoms with Gasteiger partial charge in [0, 0.05) is 24.5 Å². The van der Waals surface area contributed by atoms with Crippen LogP contribution in [0.25, 0.3) is 0 Å². The standard InChI is InChI=1S/C11H10N2O2/c1-7-9(11(15)10(7)14)13-6-8-3-2-4-12-5-8/h2-5,13H,6H2,1H3. The minimum atomic E-state index is -0.420. The molecule has 0 bridgehead atoms. The fourth-order valence-corrected chi connectivity index (χ4v) is 1.41. The Morgan fingerprint density at radius 2 is 2.13 bits per heavy atom. The first-order valence-corrected chi connectivity index (χ1v) is 4.63. The van der Waals surface area contributed by atoms with Gasteiger partial charge in [-0.3, -0.25) is 14.6 Å². The first-order chi connectivity index (χ1) is 7.20. The molecule has 0 saturated heterocycles. The molecule has 1 heterocycles. The number of aromatic nitrogens is 1. The maximum atomic E-state index is 11.1. The van der Waals surface area contributed by atoms with Crippen LogP contribution >= 0.6 is 0 Å². The highest BCUT2D eigenvalue weighted by Gasteiger charge is 2.15. The third-order valence-electron chi connectivity index (χ3n) is 2.34. The van der Waals surface area contributed by atoms with E-state index in [0.717, 1.165) is 5.56 Å². The molecule has 1 aromatic heterocycles. The monoisotopic (exact) mass is 202 g/mol. The van der Waals surface area contributed by atoms with Gasteiger partial charge in [-0.25, -0.2) is 0 Å². The largest absolute Gasteiger partial charge is 0.377 e. The van der Waals surface area contributed by atoms with Crippen LogP contribution in [0.4, 0.5) is 5.69 Å². The van der Waals surface area contributed by atoms with Gasteiger partial charge < -0.3 is 5.32 Å². The summed E-state index contributed by atoms with van der Waals surface area (Å²) in [5.74, 6) is 0. The van der Waals surface area contributed by atoms with Crippen LogP contribution in [0.3, 0.4) is 0 Å². The van der Waals surface area contributed by atoms with Crippen molar-refractivity contribution in [1.82, 2.24) is 4.98 Å². The van der Waals surface area contributed by atoms with E-state index >= 15 is 0 Å². The Morgan fingerprint density at radius 1 is 1.33 bits per heavy atom. The van der Waals surface area contributed by atoms with Gasteiger partial charge in [0.05, 0.1) is 5.69 Å². The van der Waals surface area contributed by atoms with Crippen LogP contribution in [0.2, 0.25) is 0 Å². The van der Waals surface area contributed by atoms with E-state index in [-0.39, 0.29) is 5.43 Å². The average Bonchev–Trinajstić information content (AvgIpc) is 2.30. The summed E-state index contributed by atoms with van der Waals surface area (Å²) < 4.78 is 0. The van der Waals surface area contributed by atoms with Gasteiger partial charge in [-0.1, -0.05) is 6.07 Å². The molecule has 0 unspecified atom stereocenters. The predicted molar refractivity (Wildman–Crippen MR) is 57.7 cm³/mol. The van der Waals surface area contributed by atoms with Gasteiger partial charge in [0.2, 0.25) is 10.9 Å². The van der Waals surface area contributed by atoms with E-state index in [4.69, 9.17) is 0 Å². The number of hydrogen-bond donors (Lipinski definition) is 1. The molecule has 0 aliphatic heterocycles. The average molecular weight is 202 g/mol. The molecule has 76 valence electrons. The zero-order chi connectivity index (χ0) is 10.8. The number of nitrogens with one attached hydrogen (secondary N) is 1. The van der Waals surface area contributed by atoms with Crippen LogP contribution in [-0.2, 0) is 6.54 Å². The molecule has 0 amide bonds. The molecule has 0 aliphatic carbocycles. The zero-order valence-electron chi connectivity index (χ0n) is 8.28. The second-order valence-electron chi connectivity index (χ2n) is 3.37. The topological polar surface area (TPSA) is 59.1 Å². The van der Waals surface area contributed by atoms with Gasteiger partial charge in [-0.05, 0) is 18.6 Å². The maximum Gasteiger partial charge on any atom is 0.249 e. The Hall–Kier alpha value is -1.97. The highest BCUT2D eigenvalue weighted by molar-refractivity contribution is 5.55. The Morgan fingerprint density at radius 3 is 2.73 bits per heavy atom. The zero-order valence-corrected chi connectivity index (χ0v) is 8.28. The quantitative estimate of drug-likeness (QED) is 0.740. The SMILES string of the molecule is Cc1c(NCc2cccnc2)c(=O)c1=O. The second kappa shape index (κ2) is 3.65. The van der Waals surface area contributed by atoms with E-state index in [9.17, 15) is 9.59 Å². The van der Waals surface area contributed by atoms with Crippen molar-refractivity contribution in [2.45, 2.75) is 13.5 Å². The maximum absolute atomic E-state index is 11.1. The molecule has 0 atom stereocenters. The summed E-state index contributed by atoms with van der Waals surface area (Å²) in [6, 6.07) is 3.73. The summed E-state index contributed by atoms with van der Waals surface area (Å²) in [6.45, 7) is 2.16. The van der Waals surface area contributed by atoms with Crippen LogP contribution < -0.4 is 16.2 Å². The van der Waals surface area contributed by atoms with Crippen LogP contribution in [0.15, 0.2) is 34.1 Å². The number of anilines is 1. The lowest BCUT2D eigenvalue weighted by molar-refractivity contribution is 1.08. The highest BCUT2D eigenvalue weighted by atomic mass is 16.2. The van der Waals surface area contributed by atoms with Gasteiger partial charge in [0.25, 0.3) is 0 Å². The molecular weight excluding hydrogens is 192 g/mol. The lowest BCUT2D eigenvalue weighted by atomic mass is 10.1. The molecule has 4 heteroatoms. The van der Waals surface area contributed by atoms with E-state index in [2.05, 4.69) is 10.3 Å². The fraction of sp³-hybridized carbons (Fsp3) is 0.182. The van der Waals surface area contributed by atoms with E-state index in [1.54, 1.807) is 19.3 Å². The van der Waals surface area contributed by atoms with Gasteiger partial charge in [0.15, 0.2) is 0 Å². The van der Waals surface area contributed by atoms with E-state index < -0.39 is 5.43 Å². The first kappa shape index (κ1) is 9.58. The van der Waals surface area contributed by atoms with Crippen LogP contribution in [0.5, 0.6) is 0 Å². The van der Waals surface area contributed by atoms with Gasteiger partial charge in [-0.2, -0.15) is 0 Å². The normalized spacial score (nSPS) is 10.5. The Labute approximate surface area is 86.3 Å². The van der Waals surface area contributed by atoms with Crippen LogP contribution in [-0.4, -0.2) is 4.98 Å². The lowest BCUT2D eigenvalue weighted by Gasteiger charge is -2.09. The molecular formula is C11H10N2O2. The highest BCUT2D eigenvalue weighted by Crippen LogP contribution is 2.07. The number of rotatable bonds is 3. The smallest absolute Gasteiger partial charge is 0.249 e. The van der Waals surface area contributed by atoms with Crippen molar-refractivity contribution in [1.29, 1.82) is 0 Å². The third kappa shape index (κ3) is 1.66. The molecule has 2 aromatic rings. The Kier molecular flexibility index (Phi) is 2.33. The van der Waals surface area contributed by atoms with Crippen molar-refractivity contribution < 1.29 is 0 Å². The van der Waals surface area contributed by atoms with E-state index in [1.165, 1.54) is 0 Å². The molecule has 0 spiro atoms. The van der Waals surface area contributed by atoms with Gasteiger partial charge >= 0.3 is 0 Å². The number of hydrogen-bond acceptors (Lipinski definition) is 4. The second-order valence-corrected chi connectivity index (χ2v) is 3.37. The molecule has 2 rings (SSSR count). The first-order valence-electron chi connectivity index (χ1n) is 4.63. The number of nitrogens with zero attached hydrogens (tertiary/aromatic N) is 1. The van der Waals surface area contributed by atoms with Crippen molar-refractivity contribution in [3.8, 4) is 0 Å². The molecule has 0 fully saturated rings. The summed E-state index contributed by atoms with van der Waals surface area (Å²) in [5, 5.41) is 2.93. The predicted octanol–water partition coefficient (Wildman–Crippen LogP) is 0.598. The van der Waals surface area contributed by atoms with Crippen molar-refractivity contribution in [2.75, 3.05) is 5.32 Å². The summed E-state index contributed by atoms with van der Waals surface area (Å²) in [7, 11) is 0. The molecule has 0 aliphatic rings. The molecule has 15 heavy (non-hydrogen) atoms. The van der Waals surface area contributed by atoms with Crippen molar-refractivity contribution in [3.63, 3.8) is 0 Å². The van der Waals surface area contributed by atoms with Crippen LogP contribution in [0, 0.1) is 6.92 Å². The molecule has 0 radical (unpaired) electrons. The van der Waals surface area contributed by atoms with E-state index in [1.807, 2.05) is 12.1 Å². The summed E-state index contributed by atoms with van der Waals surface area (Å²) in [6.07, 6.45) is 3.40. The molecule has 1 aromatic carbocycles. The molecule has 0 saturated carbocycles. The van der Waals surface area contributed by atoms with Gasteiger partial charge in [0.1, 0.15) is 0 Å². The van der Waals surface area contributed by atoms with E-state index in [0.29, 0.717) is 17.8 Å². The Bertz CT molecular complexity index is 539. The molecule has 1 N–H and O–H groups in total. The Balaban J connectivity index is 2.07. The van der Waals surface area contributed by atoms with Crippen LogP contribution in [0.1, 0.15) is 11.1 Å². The fourth-order valence-electron chi connectivity index (χ4n) is 1.41. The molecule has 4 nitrogen and oxygen atoms in total. The summed E-state index contributed by atoms with van der Waals surface area (Å²) in [5.41, 5.74) is 1.12. The summed E-state index contributed by atoms with van der Waals surface area (Å²) >= 11 is 0.